The van der Waals surface area contributed by atoms with Crippen LogP contribution in [0.2, 0.25) is 0 Å². The first kappa shape index (κ1) is 19.0. The van der Waals surface area contributed by atoms with Crippen molar-refractivity contribution < 1.29 is 19.1 Å². The molecule has 4 rings (SSSR count). The van der Waals surface area contributed by atoms with E-state index in [1.54, 1.807) is 7.11 Å². The topological polar surface area (TPSA) is 87.7 Å². The number of aryl methyl sites for hydroxylation is 1. The van der Waals surface area contributed by atoms with Crippen LogP contribution in [0.25, 0.3) is 0 Å². The summed E-state index contributed by atoms with van der Waals surface area (Å²) in [6, 6.07) is 14.7. The first-order chi connectivity index (χ1) is 14.0. The third-order valence-corrected chi connectivity index (χ3v) is 5.63. The average Bonchev–Trinajstić information content (AvgIpc) is 3.22. The molecule has 7 nitrogen and oxygen atoms in total. The number of hydrogen-bond donors (Lipinski definition) is 2. The molecule has 0 aromatic heterocycles. The Hall–Kier alpha value is -3.35. The van der Waals surface area contributed by atoms with Crippen molar-refractivity contribution in [2.45, 2.75) is 24.8 Å². The Morgan fingerprint density at radius 2 is 1.93 bits per heavy atom. The highest BCUT2D eigenvalue weighted by Gasteiger charge is 2.55. The third-order valence-electron chi connectivity index (χ3n) is 5.63. The fraction of sp³-hybridized carbons (Fsp3) is 0.318. The van der Waals surface area contributed by atoms with Crippen LogP contribution >= 0.6 is 0 Å². The highest BCUT2D eigenvalue weighted by Crippen LogP contribution is 2.41. The van der Waals surface area contributed by atoms with Crippen molar-refractivity contribution in [1.82, 2.24) is 15.5 Å². The second kappa shape index (κ2) is 7.58. The number of carbonyl (C=O) groups is 3. The van der Waals surface area contributed by atoms with Crippen molar-refractivity contribution in [3.63, 3.8) is 0 Å². The zero-order valence-electron chi connectivity index (χ0n) is 16.2. The number of amides is 4. The Bertz CT molecular complexity index is 974. The van der Waals surface area contributed by atoms with Crippen molar-refractivity contribution in [1.29, 1.82) is 0 Å². The zero-order chi connectivity index (χ0) is 20.4. The van der Waals surface area contributed by atoms with Crippen molar-refractivity contribution in [2.24, 2.45) is 0 Å². The van der Waals surface area contributed by atoms with E-state index in [1.165, 1.54) is 0 Å². The molecule has 0 radical (unpaired) electrons. The molecule has 1 atom stereocenters. The molecule has 2 N–H and O–H groups in total. The van der Waals surface area contributed by atoms with Gasteiger partial charge < -0.3 is 15.4 Å². The molecule has 0 bridgehead atoms. The summed E-state index contributed by atoms with van der Waals surface area (Å²) < 4.78 is 5.30. The van der Waals surface area contributed by atoms with E-state index >= 15 is 0 Å². The summed E-state index contributed by atoms with van der Waals surface area (Å²) in [7, 11) is 1.60. The van der Waals surface area contributed by atoms with Crippen LogP contribution in [-0.4, -0.2) is 42.9 Å². The van der Waals surface area contributed by atoms with Gasteiger partial charge in [0.15, 0.2) is 0 Å². The van der Waals surface area contributed by atoms with E-state index in [4.69, 9.17) is 4.74 Å². The molecule has 0 saturated carbocycles. The quantitative estimate of drug-likeness (QED) is 0.732. The predicted octanol–water partition coefficient (Wildman–Crippen LogP) is 1.75. The zero-order valence-corrected chi connectivity index (χ0v) is 16.2. The number of urea groups is 1. The van der Waals surface area contributed by atoms with E-state index in [9.17, 15) is 14.4 Å². The average molecular weight is 393 g/mol. The number of rotatable bonds is 6. The standard InChI is InChI=1S/C22H23N3O4/c1-29-18-9-5-3-7-16(18)11-13-23-19(26)14-25-20(27)22(24-21(25)28)12-10-15-6-2-4-8-17(15)22/h2-9H,10-14H2,1H3,(H,23,26)(H,24,28)/t22-/m0/s1. The number of benzene rings is 2. The van der Waals surface area contributed by atoms with E-state index in [2.05, 4.69) is 10.6 Å². The summed E-state index contributed by atoms with van der Waals surface area (Å²) in [5.41, 5.74) is 1.83. The molecule has 1 aliphatic carbocycles. The molecule has 29 heavy (non-hydrogen) atoms. The van der Waals surface area contributed by atoms with Crippen LogP contribution in [0.5, 0.6) is 5.75 Å². The number of ether oxygens (including phenoxy) is 1. The number of hydrogen-bond acceptors (Lipinski definition) is 4. The molecule has 2 aromatic carbocycles. The van der Waals surface area contributed by atoms with Gasteiger partial charge in [0.2, 0.25) is 5.91 Å². The maximum atomic E-state index is 13.1. The second-order valence-corrected chi connectivity index (χ2v) is 7.30. The molecule has 1 fully saturated rings. The fourth-order valence-electron chi connectivity index (χ4n) is 4.18. The highest BCUT2D eigenvalue weighted by atomic mass is 16.5. The lowest BCUT2D eigenvalue weighted by atomic mass is 9.92. The van der Waals surface area contributed by atoms with Gasteiger partial charge >= 0.3 is 6.03 Å². The van der Waals surface area contributed by atoms with Crippen LogP contribution in [0, 0.1) is 0 Å². The molecule has 4 amide bonds. The Balaban J connectivity index is 1.38. The fourth-order valence-corrected chi connectivity index (χ4v) is 4.18. The van der Waals surface area contributed by atoms with Gasteiger partial charge in [0, 0.05) is 6.54 Å². The Morgan fingerprint density at radius 1 is 1.17 bits per heavy atom. The molecule has 150 valence electrons. The van der Waals surface area contributed by atoms with Crippen molar-refractivity contribution in [3.05, 3.63) is 65.2 Å². The van der Waals surface area contributed by atoms with Crippen LogP contribution in [0.1, 0.15) is 23.1 Å². The molecule has 1 spiro atoms. The van der Waals surface area contributed by atoms with E-state index in [0.717, 1.165) is 33.8 Å². The first-order valence-corrected chi connectivity index (χ1v) is 9.66. The van der Waals surface area contributed by atoms with E-state index in [0.29, 0.717) is 19.4 Å². The number of fused-ring (bicyclic) bond motifs is 2. The number of imide groups is 1. The van der Waals surface area contributed by atoms with Gasteiger partial charge in [0.05, 0.1) is 7.11 Å². The maximum absolute atomic E-state index is 13.1. The lowest BCUT2D eigenvalue weighted by Crippen LogP contribution is -2.44. The molecular formula is C22H23N3O4. The normalized spacial score (nSPS) is 20.0. The van der Waals surface area contributed by atoms with Gasteiger partial charge in [-0.3, -0.25) is 14.5 Å². The minimum atomic E-state index is -1.04. The highest BCUT2D eigenvalue weighted by molar-refractivity contribution is 6.09. The molecule has 2 aliphatic rings. The first-order valence-electron chi connectivity index (χ1n) is 9.66. The molecule has 1 heterocycles. The van der Waals surface area contributed by atoms with E-state index in [1.807, 2.05) is 48.5 Å². The largest absolute Gasteiger partial charge is 0.496 e. The minimum Gasteiger partial charge on any atom is -0.496 e. The lowest BCUT2D eigenvalue weighted by Gasteiger charge is -2.22. The summed E-state index contributed by atoms with van der Waals surface area (Å²) in [5.74, 6) is 0.0387. The van der Waals surface area contributed by atoms with Gasteiger partial charge in [0.1, 0.15) is 17.8 Å². The Kier molecular flexibility index (Phi) is 4.96. The van der Waals surface area contributed by atoms with Crippen LogP contribution in [0.15, 0.2) is 48.5 Å². The van der Waals surface area contributed by atoms with Crippen molar-refractivity contribution in [2.75, 3.05) is 20.2 Å². The van der Waals surface area contributed by atoms with Gasteiger partial charge in [0.25, 0.3) is 5.91 Å². The molecule has 1 saturated heterocycles. The van der Waals surface area contributed by atoms with Crippen LogP contribution < -0.4 is 15.4 Å². The van der Waals surface area contributed by atoms with Crippen LogP contribution in [-0.2, 0) is 28.0 Å². The van der Waals surface area contributed by atoms with Crippen LogP contribution in [0.3, 0.4) is 0 Å². The van der Waals surface area contributed by atoms with Gasteiger partial charge in [-0.1, -0.05) is 42.5 Å². The monoisotopic (exact) mass is 393 g/mol. The van der Waals surface area contributed by atoms with Gasteiger partial charge in [-0.2, -0.15) is 0 Å². The SMILES string of the molecule is COc1ccccc1CCNC(=O)CN1C(=O)N[C@]2(CCc3ccccc32)C1=O. The molecule has 1 aliphatic heterocycles. The summed E-state index contributed by atoms with van der Waals surface area (Å²) in [4.78, 5) is 38.9. The third kappa shape index (κ3) is 3.33. The number of para-hydroxylation sites is 1. The lowest BCUT2D eigenvalue weighted by molar-refractivity contribution is -0.135. The maximum Gasteiger partial charge on any atom is 0.325 e. The van der Waals surface area contributed by atoms with Gasteiger partial charge in [-0.25, -0.2) is 4.79 Å². The van der Waals surface area contributed by atoms with Gasteiger partial charge in [-0.15, -0.1) is 0 Å². The van der Waals surface area contributed by atoms with Gasteiger partial charge in [-0.05, 0) is 42.0 Å². The Labute approximate surface area is 169 Å². The Morgan fingerprint density at radius 3 is 2.76 bits per heavy atom. The van der Waals surface area contributed by atoms with Crippen molar-refractivity contribution in [3.8, 4) is 5.75 Å². The number of methoxy groups -OCH3 is 1. The number of carbonyl (C=O) groups excluding carboxylic acids is 3. The van der Waals surface area contributed by atoms with Crippen molar-refractivity contribution >= 4 is 17.8 Å². The van der Waals surface area contributed by atoms with E-state index < -0.39 is 11.6 Å². The molecule has 2 aromatic rings. The summed E-state index contributed by atoms with van der Waals surface area (Å²) in [6.45, 7) is 0.0946. The number of nitrogens with zero attached hydrogens (tertiary/aromatic N) is 1. The molecule has 0 unspecified atom stereocenters. The summed E-state index contributed by atoms with van der Waals surface area (Å²) in [5, 5.41) is 5.61. The smallest absolute Gasteiger partial charge is 0.325 e. The molecular weight excluding hydrogens is 370 g/mol. The van der Waals surface area contributed by atoms with Crippen LogP contribution in [0.4, 0.5) is 4.79 Å². The summed E-state index contributed by atoms with van der Waals surface area (Å²) >= 11 is 0. The summed E-state index contributed by atoms with van der Waals surface area (Å²) in [6.07, 6.45) is 1.83. The van der Waals surface area contributed by atoms with E-state index in [-0.39, 0.29) is 18.4 Å². The second-order valence-electron chi connectivity index (χ2n) is 7.30. The molecule has 7 heteroatoms. The predicted molar refractivity (Wildman–Crippen MR) is 106 cm³/mol. The minimum absolute atomic E-state index is 0.291. The number of nitrogens with one attached hydrogen (secondary N) is 2.